The zero-order chi connectivity index (χ0) is 17.3. The number of carboxylic acids is 2. The maximum absolute atomic E-state index is 11.5. The van der Waals surface area contributed by atoms with Crippen LogP contribution in [0.25, 0.3) is 0 Å². The Morgan fingerprint density at radius 1 is 1.09 bits per heavy atom. The average molecular weight is 320 g/mol. The fourth-order valence-corrected chi connectivity index (χ4v) is 1.41. The Hall–Kier alpha value is -2.24. The van der Waals surface area contributed by atoms with Crippen molar-refractivity contribution in [2.24, 2.45) is 0 Å². The molecule has 2 amide bonds. The minimum Gasteiger partial charge on any atom is -0.547 e. The summed E-state index contributed by atoms with van der Waals surface area (Å²) in [5, 5.41) is 35.6. The Labute approximate surface area is 125 Å². The topological polar surface area (TPSA) is 214 Å². The predicted molar refractivity (Wildman–Crippen MR) is 64.6 cm³/mol. The average Bonchev–Trinajstić information content (AvgIpc) is 2.41. The molecule has 0 bridgehead atoms. The first kappa shape index (κ1) is 19.8. The van der Waals surface area contributed by atoms with E-state index in [1.165, 1.54) is 0 Å². The van der Waals surface area contributed by atoms with Crippen LogP contribution < -0.4 is 32.3 Å². The second-order valence-corrected chi connectivity index (χ2v) is 4.70. The third-order valence-corrected chi connectivity index (χ3v) is 2.66. The van der Waals surface area contributed by atoms with E-state index in [-0.39, 0.29) is 6.54 Å². The molecule has 0 saturated heterocycles. The molecular formula is C11H20N4O7. The van der Waals surface area contributed by atoms with E-state index in [1.54, 1.807) is 0 Å². The Balaban J connectivity index is 4.61. The van der Waals surface area contributed by atoms with Gasteiger partial charge in [0.25, 0.3) is 0 Å². The van der Waals surface area contributed by atoms with Crippen molar-refractivity contribution in [2.75, 3.05) is 19.6 Å². The molecule has 0 aromatic carbocycles. The molecule has 11 heteroatoms. The van der Waals surface area contributed by atoms with Gasteiger partial charge in [0, 0.05) is 0 Å². The molecule has 2 atom stereocenters. The monoisotopic (exact) mass is 320 g/mol. The van der Waals surface area contributed by atoms with Crippen LogP contribution in [-0.4, -0.2) is 60.1 Å². The summed E-state index contributed by atoms with van der Waals surface area (Å²) >= 11 is 0. The zero-order valence-electron chi connectivity index (χ0n) is 11.9. The Kier molecular flexibility index (Phi) is 8.01. The lowest BCUT2D eigenvalue weighted by Crippen LogP contribution is -2.72. The predicted octanol–water partition coefficient (Wildman–Crippen LogP) is -7.92. The number of nitrogens with one attached hydrogen (secondary N) is 2. The van der Waals surface area contributed by atoms with E-state index in [0.717, 1.165) is 0 Å². The van der Waals surface area contributed by atoms with Gasteiger partial charge in [0.2, 0.25) is 11.8 Å². The lowest BCUT2D eigenvalue weighted by atomic mass is 9.94. The number of aliphatic hydroxyl groups is 1. The summed E-state index contributed by atoms with van der Waals surface area (Å²) in [6.07, 6.45) is -1.84. The molecule has 0 radical (unpaired) electrons. The second kappa shape index (κ2) is 8.92. The number of hydrogen-bond donors (Lipinski definition) is 5. The van der Waals surface area contributed by atoms with Crippen molar-refractivity contribution in [1.82, 2.24) is 10.6 Å². The third-order valence-electron chi connectivity index (χ3n) is 2.66. The van der Waals surface area contributed by atoms with Crippen LogP contribution in [-0.2, 0) is 19.2 Å². The lowest BCUT2D eigenvalue weighted by molar-refractivity contribution is -0.435. The molecule has 11 nitrogen and oxygen atoms in total. The molecule has 0 rings (SSSR count). The minimum atomic E-state index is -2.70. The molecule has 0 saturated carbocycles. The van der Waals surface area contributed by atoms with E-state index in [0.29, 0.717) is 6.54 Å². The second-order valence-electron chi connectivity index (χ2n) is 4.70. The number of hydrogen-bond acceptors (Lipinski definition) is 7. The van der Waals surface area contributed by atoms with Gasteiger partial charge < -0.3 is 47.0 Å². The van der Waals surface area contributed by atoms with E-state index >= 15 is 0 Å². The largest absolute Gasteiger partial charge is 0.547 e. The molecular weight excluding hydrogens is 300 g/mol. The van der Waals surface area contributed by atoms with E-state index < -0.39 is 54.8 Å². The van der Waals surface area contributed by atoms with Gasteiger partial charge in [-0.3, -0.25) is 9.59 Å². The number of rotatable bonds is 10. The van der Waals surface area contributed by atoms with Crippen LogP contribution in [0.2, 0.25) is 0 Å². The van der Waals surface area contributed by atoms with Gasteiger partial charge in [-0.15, -0.1) is 0 Å². The quantitative estimate of drug-likeness (QED) is 0.261. The highest BCUT2D eigenvalue weighted by atomic mass is 16.4. The minimum absolute atomic E-state index is 0.183. The fourth-order valence-electron chi connectivity index (χ4n) is 1.41. The van der Waals surface area contributed by atoms with E-state index in [1.807, 2.05) is 0 Å². The molecule has 0 aliphatic carbocycles. The van der Waals surface area contributed by atoms with Gasteiger partial charge in [-0.25, -0.2) is 0 Å². The molecule has 0 heterocycles. The van der Waals surface area contributed by atoms with Gasteiger partial charge in [-0.2, -0.15) is 0 Å². The Morgan fingerprint density at radius 2 is 1.59 bits per heavy atom. The molecule has 9 N–H and O–H groups in total. The summed E-state index contributed by atoms with van der Waals surface area (Å²) in [6.45, 7) is 0.144. The Bertz CT molecular complexity index is 442. The number of aliphatic carboxylic acids is 2. The molecule has 0 aliphatic heterocycles. The van der Waals surface area contributed by atoms with Crippen molar-refractivity contribution in [3.63, 3.8) is 0 Å². The van der Waals surface area contributed by atoms with Crippen molar-refractivity contribution in [2.45, 2.75) is 24.5 Å². The third kappa shape index (κ3) is 6.97. The van der Waals surface area contributed by atoms with Crippen molar-refractivity contribution >= 4 is 23.8 Å². The van der Waals surface area contributed by atoms with Gasteiger partial charge in [0.15, 0.2) is 0 Å². The van der Waals surface area contributed by atoms with Crippen LogP contribution in [0.5, 0.6) is 0 Å². The van der Waals surface area contributed by atoms with Crippen molar-refractivity contribution in [3.05, 3.63) is 0 Å². The summed E-state index contributed by atoms with van der Waals surface area (Å²) in [5.41, 5.74) is 3.95. The number of amides is 2. The number of carboxylic acid groups (broad SMARTS) is 2. The van der Waals surface area contributed by atoms with E-state index in [4.69, 9.17) is 0 Å². The summed E-state index contributed by atoms with van der Waals surface area (Å²) in [6, 6.07) is -1.24. The summed E-state index contributed by atoms with van der Waals surface area (Å²) in [7, 11) is 0. The van der Waals surface area contributed by atoms with Crippen LogP contribution in [0.15, 0.2) is 0 Å². The van der Waals surface area contributed by atoms with E-state index in [2.05, 4.69) is 22.1 Å². The molecule has 0 aromatic rings. The first-order valence-corrected chi connectivity index (χ1v) is 6.42. The SMILES string of the molecule is [NH3+]CCNC(=O)C[C@](O)(CC(=O)NC[C@H]([NH3+])C(=O)[O-])C(=O)[O-]. The van der Waals surface area contributed by atoms with Crippen molar-refractivity contribution < 1.29 is 46.0 Å². The molecule has 0 fully saturated rings. The molecule has 0 aromatic heterocycles. The molecule has 22 heavy (non-hydrogen) atoms. The first-order chi connectivity index (χ1) is 10.1. The van der Waals surface area contributed by atoms with Gasteiger partial charge >= 0.3 is 0 Å². The van der Waals surface area contributed by atoms with Crippen molar-refractivity contribution in [3.8, 4) is 0 Å². The molecule has 0 spiro atoms. The van der Waals surface area contributed by atoms with Crippen LogP contribution in [0.1, 0.15) is 12.8 Å². The molecule has 0 aliphatic rings. The zero-order valence-corrected chi connectivity index (χ0v) is 11.9. The van der Waals surface area contributed by atoms with Gasteiger partial charge in [0.1, 0.15) is 17.6 Å². The fraction of sp³-hybridized carbons (Fsp3) is 0.636. The highest BCUT2D eigenvalue weighted by Crippen LogP contribution is 2.14. The molecule has 126 valence electrons. The summed E-state index contributed by atoms with van der Waals surface area (Å²) in [4.78, 5) is 44.4. The highest BCUT2D eigenvalue weighted by Gasteiger charge is 2.34. The van der Waals surface area contributed by atoms with Crippen LogP contribution in [0, 0.1) is 0 Å². The highest BCUT2D eigenvalue weighted by molar-refractivity contribution is 5.91. The maximum Gasteiger partial charge on any atom is 0.223 e. The number of carbonyl (C=O) groups is 4. The van der Waals surface area contributed by atoms with Gasteiger partial charge in [-0.1, -0.05) is 0 Å². The maximum atomic E-state index is 11.5. The number of quaternary nitrogens is 2. The standard InChI is InChI=1S/C11H20N4O7/c12-1-2-14-7(16)3-11(22,10(20)21)4-8(17)15-5-6(13)9(18)19/h6,22H,1-5,12-13H2,(H,14,16)(H,15,17)(H,18,19)(H,20,21)/t6-,11-/m0/s1. The molecule has 0 unspecified atom stereocenters. The van der Waals surface area contributed by atoms with Crippen LogP contribution in [0.4, 0.5) is 0 Å². The smallest absolute Gasteiger partial charge is 0.223 e. The van der Waals surface area contributed by atoms with Crippen LogP contribution in [0.3, 0.4) is 0 Å². The summed E-state index contributed by atoms with van der Waals surface area (Å²) < 4.78 is 0. The van der Waals surface area contributed by atoms with Crippen LogP contribution >= 0.6 is 0 Å². The lowest BCUT2D eigenvalue weighted by Gasteiger charge is -2.28. The van der Waals surface area contributed by atoms with Gasteiger partial charge in [-0.05, 0) is 0 Å². The first-order valence-electron chi connectivity index (χ1n) is 6.42. The van der Waals surface area contributed by atoms with E-state index in [9.17, 15) is 34.5 Å². The van der Waals surface area contributed by atoms with Gasteiger partial charge in [0.05, 0.1) is 38.4 Å². The number of carbonyl (C=O) groups excluding carboxylic acids is 4. The van der Waals surface area contributed by atoms with Crippen molar-refractivity contribution in [1.29, 1.82) is 0 Å². The Morgan fingerprint density at radius 3 is 2.00 bits per heavy atom. The normalized spacial score (nSPS) is 14.5. The summed E-state index contributed by atoms with van der Waals surface area (Å²) in [5.74, 6) is -5.24.